The Balaban J connectivity index is 1.67. The van der Waals surface area contributed by atoms with Gasteiger partial charge in [-0.05, 0) is 42.3 Å². The number of nitrogens with two attached hydrogens (primary N) is 1. The minimum absolute atomic E-state index is 0.133. The maximum absolute atomic E-state index is 11.5. The van der Waals surface area contributed by atoms with Crippen LogP contribution in [0.1, 0.15) is 15.9 Å². The van der Waals surface area contributed by atoms with Gasteiger partial charge < -0.3 is 20.9 Å². The summed E-state index contributed by atoms with van der Waals surface area (Å²) in [7, 11) is 1.36. The van der Waals surface area contributed by atoms with Crippen molar-refractivity contribution in [3.63, 3.8) is 0 Å². The number of ether oxygens (including phenoxy) is 1. The topological polar surface area (TPSA) is 110 Å². The minimum atomic E-state index is -0.355. The second kappa shape index (κ2) is 8.18. The predicted octanol–water partition coefficient (Wildman–Crippen LogP) is 2.87. The molecule has 0 atom stereocenters. The second-order valence-corrected chi connectivity index (χ2v) is 5.91. The molecule has 3 rings (SSSR count). The number of aromatic hydroxyl groups is 1. The fraction of sp³-hybridized carbons (Fsp3) is 0.150. The Kier molecular flexibility index (Phi) is 5.51. The van der Waals surface area contributed by atoms with Crippen LogP contribution in [-0.4, -0.2) is 34.9 Å². The van der Waals surface area contributed by atoms with E-state index in [1.807, 2.05) is 18.2 Å². The van der Waals surface area contributed by atoms with Crippen LogP contribution in [0.2, 0.25) is 0 Å². The van der Waals surface area contributed by atoms with E-state index in [1.165, 1.54) is 7.11 Å². The molecule has 2 aromatic carbocycles. The summed E-state index contributed by atoms with van der Waals surface area (Å²) in [4.78, 5) is 11.5. The average Bonchev–Trinajstić information content (AvgIpc) is 2.70. The van der Waals surface area contributed by atoms with E-state index in [0.29, 0.717) is 29.1 Å². The smallest absolute Gasteiger partial charge is 0.337 e. The van der Waals surface area contributed by atoms with E-state index in [1.54, 1.807) is 36.4 Å². The van der Waals surface area contributed by atoms with Crippen molar-refractivity contribution in [2.24, 2.45) is 0 Å². The predicted molar refractivity (Wildman–Crippen MR) is 104 cm³/mol. The first-order chi connectivity index (χ1) is 13.1. The van der Waals surface area contributed by atoms with Gasteiger partial charge in [0.25, 0.3) is 0 Å². The number of rotatable bonds is 6. The van der Waals surface area contributed by atoms with Gasteiger partial charge in [-0.1, -0.05) is 24.3 Å². The van der Waals surface area contributed by atoms with E-state index in [2.05, 4.69) is 20.3 Å². The van der Waals surface area contributed by atoms with Crippen molar-refractivity contribution < 1.29 is 14.6 Å². The molecule has 0 amide bonds. The van der Waals surface area contributed by atoms with Gasteiger partial charge in [0.2, 0.25) is 0 Å². The van der Waals surface area contributed by atoms with E-state index >= 15 is 0 Å². The zero-order chi connectivity index (χ0) is 19.2. The Labute approximate surface area is 156 Å². The molecule has 138 valence electrons. The maximum Gasteiger partial charge on any atom is 0.337 e. The van der Waals surface area contributed by atoms with Gasteiger partial charge in [-0.25, -0.2) is 4.79 Å². The van der Waals surface area contributed by atoms with Gasteiger partial charge in [0.1, 0.15) is 5.75 Å². The van der Waals surface area contributed by atoms with Crippen molar-refractivity contribution in [3.05, 3.63) is 65.7 Å². The number of aromatic nitrogens is 2. The molecule has 7 nitrogen and oxygen atoms in total. The second-order valence-electron chi connectivity index (χ2n) is 5.91. The highest BCUT2D eigenvalue weighted by Gasteiger charge is 2.09. The number of methoxy groups -OCH3 is 1. The average molecular weight is 364 g/mol. The highest BCUT2D eigenvalue weighted by Crippen LogP contribution is 2.29. The lowest BCUT2D eigenvalue weighted by atomic mass is 10.1. The maximum atomic E-state index is 11.5. The Bertz CT molecular complexity index is 942. The molecule has 0 aliphatic carbocycles. The number of carbonyl (C=O) groups excluding carboxylic acids is 1. The van der Waals surface area contributed by atoms with Crippen molar-refractivity contribution in [3.8, 4) is 17.0 Å². The molecule has 0 spiro atoms. The molecule has 7 heteroatoms. The number of phenolic OH excluding ortho intramolecular Hbond substituents is 1. The van der Waals surface area contributed by atoms with Crippen LogP contribution in [0.4, 0.5) is 11.5 Å². The molecular formula is C20H20N4O3. The van der Waals surface area contributed by atoms with Crippen LogP contribution in [0.5, 0.6) is 5.75 Å². The standard InChI is InChI=1S/C20H20N4O3/c1-27-20(26)14-8-6-13(7-9-14)10-11-22-17-12-16(23-24-19(17)21)15-4-2-3-5-18(15)25/h2-9,12,25H,10-11H2,1H3,(H2,21,24)(H,22,23). The monoisotopic (exact) mass is 364 g/mol. The number of nitrogens with one attached hydrogen (secondary N) is 1. The molecule has 3 aromatic rings. The van der Waals surface area contributed by atoms with Gasteiger partial charge in [0, 0.05) is 12.1 Å². The first kappa shape index (κ1) is 18.2. The lowest BCUT2D eigenvalue weighted by Gasteiger charge is -2.11. The van der Waals surface area contributed by atoms with Crippen molar-refractivity contribution in [1.82, 2.24) is 10.2 Å². The molecule has 4 N–H and O–H groups in total. The Morgan fingerprint density at radius 3 is 2.59 bits per heavy atom. The van der Waals surface area contributed by atoms with Gasteiger partial charge in [-0.3, -0.25) is 0 Å². The summed E-state index contributed by atoms with van der Waals surface area (Å²) in [6.45, 7) is 0.619. The fourth-order valence-corrected chi connectivity index (χ4v) is 2.63. The first-order valence-corrected chi connectivity index (χ1v) is 8.41. The summed E-state index contributed by atoms with van der Waals surface area (Å²) >= 11 is 0. The molecular weight excluding hydrogens is 344 g/mol. The number of carbonyl (C=O) groups is 1. The normalized spacial score (nSPS) is 10.4. The number of nitrogen functional groups attached to an aromatic ring is 1. The minimum Gasteiger partial charge on any atom is -0.507 e. The van der Waals surface area contributed by atoms with Crippen LogP contribution in [-0.2, 0) is 11.2 Å². The van der Waals surface area contributed by atoms with Crippen LogP contribution >= 0.6 is 0 Å². The number of hydrogen-bond acceptors (Lipinski definition) is 7. The lowest BCUT2D eigenvalue weighted by molar-refractivity contribution is 0.0600. The van der Waals surface area contributed by atoms with Crippen LogP contribution in [0, 0.1) is 0 Å². The van der Waals surface area contributed by atoms with E-state index < -0.39 is 0 Å². The summed E-state index contributed by atoms with van der Waals surface area (Å²) < 4.78 is 4.69. The van der Waals surface area contributed by atoms with Gasteiger partial charge in [-0.2, -0.15) is 0 Å². The summed E-state index contributed by atoms with van der Waals surface area (Å²) in [6.07, 6.45) is 0.731. The van der Waals surface area contributed by atoms with E-state index in [4.69, 9.17) is 5.73 Å². The Morgan fingerprint density at radius 1 is 1.15 bits per heavy atom. The van der Waals surface area contributed by atoms with E-state index in [9.17, 15) is 9.90 Å². The molecule has 1 heterocycles. The molecule has 1 aromatic heterocycles. The number of esters is 1. The molecule has 0 saturated carbocycles. The number of hydrogen-bond donors (Lipinski definition) is 3. The third kappa shape index (κ3) is 4.33. The van der Waals surface area contributed by atoms with Crippen molar-refractivity contribution in [1.29, 1.82) is 0 Å². The zero-order valence-electron chi connectivity index (χ0n) is 14.8. The number of anilines is 2. The molecule has 0 fully saturated rings. The third-order valence-corrected chi connectivity index (χ3v) is 4.11. The van der Waals surface area contributed by atoms with E-state index in [0.717, 1.165) is 12.0 Å². The molecule has 0 saturated heterocycles. The third-order valence-electron chi connectivity index (χ3n) is 4.11. The largest absolute Gasteiger partial charge is 0.507 e. The zero-order valence-corrected chi connectivity index (χ0v) is 14.8. The van der Waals surface area contributed by atoms with Crippen molar-refractivity contribution in [2.45, 2.75) is 6.42 Å². The molecule has 0 unspecified atom stereocenters. The van der Waals surface area contributed by atoms with Gasteiger partial charge >= 0.3 is 5.97 Å². The number of nitrogens with zero attached hydrogens (tertiary/aromatic N) is 2. The summed E-state index contributed by atoms with van der Waals surface area (Å²) in [5.41, 5.74) is 9.26. The van der Waals surface area contributed by atoms with Crippen molar-refractivity contribution in [2.75, 3.05) is 24.7 Å². The summed E-state index contributed by atoms with van der Waals surface area (Å²) in [5, 5.41) is 21.2. The van der Waals surface area contributed by atoms with Crippen molar-refractivity contribution >= 4 is 17.5 Å². The number of phenols is 1. The number of benzene rings is 2. The molecule has 27 heavy (non-hydrogen) atoms. The van der Waals surface area contributed by atoms with Gasteiger partial charge in [-0.15, -0.1) is 10.2 Å². The van der Waals surface area contributed by atoms with Crippen LogP contribution in [0.15, 0.2) is 54.6 Å². The van der Waals surface area contributed by atoms with Crippen LogP contribution in [0.3, 0.4) is 0 Å². The van der Waals surface area contributed by atoms with Gasteiger partial charge in [0.05, 0.1) is 24.1 Å². The molecule has 0 bridgehead atoms. The number of para-hydroxylation sites is 1. The highest BCUT2D eigenvalue weighted by molar-refractivity contribution is 5.89. The lowest BCUT2D eigenvalue weighted by Crippen LogP contribution is -2.09. The Hall–Kier alpha value is -3.61. The van der Waals surface area contributed by atoms with Gasteiger partial charge in [0.15, 0.2) is 5.82 Å². The Morgan fingerprint density at radius 2 is 1.89 bits per heavy atom. The molecule has 0 radical (unpaired) electrons. The quantitative estimate of drug-likeness (QED) is 0.577. The summed E-state index contributed by atoms with van der Waals surface area (Å²) in [5.74, 6) is 0.0652. The fourth-order valence-electron chi connectivity index (χ4n) is 2.63. The van der Waals surface area contributed by atoms with Crippen LogP contribution in [0.25, 0.3) is 11.3 Å². The van der Waals surface area contributed by atoms with Crippen LogP contribution < -0.4 is 11.1 Å². The SMILES string of the molecule is COC(=O)c1ccc(CCNc2cc(-c3ccccc3O)nnc2N)cc1. The molecule has 0 aliphatic heterocycles. The molecule has 0 aliphatic rings. The summed E-state index contributed by atoms with van der Waals surface area (Å²) in [6, 6.07) is 15.9. The van der Waals surface area contributed by atoms with E-state index in [-0.39, 0.29) is 17.5 Å². The highest BCUT2D eigenvalue weighted by atomic mass is 16.5. The first-order valence-electron chi connectivity index (χ1n) is 8.41.